The third kappa shape index (κ3) is 3.77. The number of carboxylic acids is 1. The zero-order valence-electron chi connectivity index (χ0n) is 21.1. The van der Waals surface area contributed by atoms with Crippen LogP contribution in [0.15, 0.2) is 79.0 Å². The molecule has 4 atom stereocenters. The number of carbonyl (C=O) groups is 3. The molecule has 39 heavy (non-hydrogen) atoms. The molecule has 6 rings (SSSR count). The van der Waals surface area contributed by atoms with Crippen molar-refractivity contribution in [3.8, 4) is 11.5 Å². The van der Waals surface area contributed by atoms with Gasteiger partial charge in [-0.3, -0.25) is 24.6 Å². The van der Waals surface area contributed by atoms with Crippen molar-refractivity contribution in [2.45, 2.75) is 24.5 Å². The van der Waals surface area contributed by atoms with Crippen LogP contribution in [0.4, 0.5) is 0 Å². The zero-order chi connectivity index (χ0) is 27.3. The summed E-state index contributed by atoms with van der Waals surface area (Å²) in [6.45, 7) is 0.0328. The lowest BCUT2D eigenvalue weighted by Crippen LogP contribution is -2.57. The van der Waals surface area contributed by atoms with Crippen LogP contribution in [0.5, 0.6) is 11.5 Å². The van der Waals surface area contributed by atoms with Crippen LogP contribution in [-0.2, 0) is 27.3 Å². The largest absolute Gasteiger partial charge is 0.504 e. The molecule has 9 heteroatoms. The molecular weight excluding hydrogens is 498 g/mol. The highest BCUT2D eigenvalue weighted by Gasteiger charge is 2.68. The SMILES string of the molecule is COc1cccc(C2NC(Cc3c[nH]c4ccccc34)(C(=O)O)C3C(=O)N(Cc4ccccc4)C(=O)C23)c1O. The minimum Gasteiger partial charge on any atom is -0.504 e. The molecule has 3 heterocycles. The van der Waals surface area contributed by atoms with Crippen molar-refractivity contribution in [1.82, 2.24) is 15.2 Å². The van der Waals surface area contributed by atoms with Crippen LogP contribution in [0.1, 0.15) is 22.7 Å². The van der Waals surface area contributed by atoms with Crippen LogP contribution in [0.2, 0.25) is 0 Å². The summed E-state index contributed by atoms with van der Waals surface area (Å²) in [5, 5.41) is 25.8. The molecular formula is C30H27N3O6. The molecule has 0 saturated carbocycles. The van der Waals surface area contributed by atoms with E-state index in [9.17, 15) is 24.6 Å². The van der Waals surface area contributed by atoms with Crippen LogP contribution in [0.25, 0.3) is 10.9 Å². The van der Waals surface area contributed by atoms with E-state index in [1.165, 1.54) is 7.11 Å². The van der Waals surface area contributed by atoms with Gasteiger partial charge in [0.25, 0.3) is 0 Å². The summed E-state index contributed by atoms with van der Waals surface area (Å²) >= 11 is 0. The lowest BCUT2D eigenvalue weighted by atomic mass is 9.76. The average Bonchev–Trinajstić information content (AvgIpc) is 3.58. The number of nitrogens with zero attached hydrogens (tertiary/aromatic N) is 1. The molecule has 2 fully saturated rings. The number of fused-ring (bicyclic) bond motifs is 2. The normalized spacial score (nSPS) is 24.3. The van der Waals surface area contributed by atoms with Crippen LogP contribution >= 0.6 is 0 Å². The number of methoxy groups -OCH3 is 1. The summed E-state index contributed by atoms with van der Waals surface area (Å²) in [6.07, 6.45) is 1.69. The van der Waals surface area contributed by atoms with Gasteiger partial charge in [-0.15, -0.1) is 0 Å². The maximum atomic E-state index is 14.0. The van der Waals surface area contributed by atoms with Gasteiger partial charge in [0.2, 0.25) is 11.8 Å². The van der Waals surface area contributed by atoms with E-state index in [2.05, 4.69) is 10.3 Å². The van der Waals surface area contributed by atoms with E-state index < -0.39 is 41.2 Å². The Bertz CT molecular complexity index is 1600. The Morgan fingerprint density at radius 3 is 2.49 bits per heavy atom. The molecule has 0 spiro atoms. The standard InChI is InChI=1S/C30H27N3O6/c1-39-22-13-7-11-20(26(22)34)25-23-24(28(36)33(27(23)35)16-17-8-3-2-4-9-17)30(32-25,29(37)38)14-18-15-31-21-12-6-5-10-19(18)21/h2-13,15,23-25,31-32,34H,14,16H2,1H3,(H,37,38). The Morgan fingerprint density at radius 1 is 1.00 bits per heavy atom. The maximum absolute atomic E-state index is 14.0. The number of likely N-dealkylation sites (tertiary alicyclic amines) is 1. The number of imide groups is 1. The smallest absolute Gasteiger partial charge is 0.325 e. The van der Waals surface area contributed by atoms with Crippen molar-refractivity contribution in [2.75, 3.05) is 7.11 Å². The number of hydrogen-bond acceptors (Lipinski definition) is 6. The fraction of sp³-hybridized carbons (Fsp3) is 0.233. The molecule has 0 bridgehead atoms. The molecule has 1 aromatic heterocycles. The number of rotatable bonds is 7. The molecule has 0 radical (unpaired) electrons. The highest BCUT2D eigenvalue weighted by atomic mass is 16.5. The Balaban J connectivity index is 1.49. The van der Waals surface area contributed by atoms with E-state index in [4.69, 9.17) is 4.74 Å². The van der Waals surface area contributed by atoms with Gasteiger partial charge >= 0.3 is 5.97 Å². The molecule has 4 unspecified atom stereocenters. The van der Waals surface area contributed by atoms with Crippen molar-refractivity contribution in [3.63, 3.8) is 0 Å². The van der Waals surface area contributed by atoms with Gasteiger partial charge in [0.05, 0.1) is 25.5 Å². The number of aromatic nitrogens is 1. The second-order valence-corrected chi connectivity index (χ2v) is 10.1. The first-order valence-corrected chi connectivity index (χ1v) is 12.7. The lowest BCUT2D eigenvalue weighted by molar-refractivity contribution is -0.151. The lowest BCUT2D eigenvalue weighted by Gasteiger charge is -2.31. The van der Waals surface area contributed by atoms with Crippen molar-refractivity contribution >= 4 is 28.7 Å². The van der Waals surface area contributed by atoms with E-state index in [-0.39, 0.29) is 24.5 Å². The summed E-state index contributed by atoms with van der Waals surface area (Å²) in [4.78, 5) is 45.4. The number of hydrogen-bond donors (Lipinski definition) is 4. The molecule has 2 amide bonds. The number of ether oxygens (including phenoxy) is 1. The van der Waals surface area contributed by atoms with Crippen LogP contribution in [0, 0.1) is 11.8 Å². The van der Waals surface area contributed by atoms with E-state index in [0.29, 0.717) is 11.1 Å². The average molecular weight is 526 g/mol. The summed E-state index contributed by atoms with van der Waals surface area (Å²) in [5.41, 5.74) is 0.786. The van der Waals surface area contributed by atoms with Gasteiger partial charge in [-0.1, -0.05) is 60.7 Å². The predicted octanol–water partition coefficient (Wildman–Crippen LogP) is 3.39. The number of H-pyrrole nitrogens is 1. The number of aromatic amines is 1. The maximum Gasteiger partial charge on any atom is 0.325 e. The zero-order valence-corrected chi connectivity index (χ0v) is 21.1. The van der Waals surface area contributed by atoms with Crippen LogP contribution < -0.4 is 10.1 Å². The van der Waals surface area contributed by atoms with Gasteiger partial charge in [-0.2, -0.15) is 0 Å². The topological polar surface area (TPSA) is 132 Å². The van der Waals surface area contributed by atoms with E-state index in [0.717, 1.165) is 21.4 Å². The molecule has 198 valence electrons. The number of phenolic OH excluding ortho intramolecular Hbond substituents is 1. The number of phenols is 1. The molecule has 0 aliphatic carbocycles. The van der Waals surface area contributed by atoms with Gasteiger partial charge in [-0.25, -0.2) is 0 Å². The van der Waals surface area contributed by atoms with Crippen molar-refractivity contribution < 1.29 is 29.3 Å². The second-order valence-electron chi connectivity index (χ2n) is 10.1. The summed E-state index contributed by atoms with van der Waals surface area (Å²) in [7, 11) is 1.41. The van der Waals surface area contributed by atoms with Crippen molar-refractivity contribution in [2.24, 2.45) is 11.8 Å². The third-order valence-electron chi connectivity index (χ3n) is 8.04. The monoisotopic (exact) mass is 525 g/mol. The van der Waals surface area contributed by atoms with Crippen LogP contribution in [0.3, 0.4) is 0 Å². The number of aromatic hydroxyl groups is 1. The first kappa shape index (κ1) is 24.7. The molecule has 2 aliphatic heterocycles. The highest BCUT2D eigenvalue weighted by molar-refractivity contribution is 6.09. The fourth-order valence-electron chi connectivity index (χ4n) is 6.22. The number of nitrogens with one attached hydrogen (secondary N) is 2. The number of carbonyl (C=O) groups excluding carboxylic acids is 2. The molecule has 3 aromatic carbocycles. The molecule has 2 aliphatic rings. The molecule has 2 saturated heterocycles. The molecule has 9 nitrogen and oxygen atoms in total. The van der Waals surface area contributed by atoms with Gasteiger partial charge in [0, 0.05) is 35.1 Å². The van der Waals surface area contributed by atoms with E-state index >= 15 is 0 Å². The quantitative estimate of drug-likeness (QED) is 0.272. The van der Waals surface area contributed by atoms with Gasteiger partial charge in [0.15, 0.2) is 11.5 Å². The predicted molar refractivity (Wildman–Crippen MR) is 142 cm³/mol. The molecule has 4 aromatic rings. The number of benzene rings is 3. The Kier molecular flexibility index (Phi) is 5.88. The van der Waals surface area contributed by atoms with E-state index in [1.807, 2.05) is 54.6 Å². The number of carboxylic acid groups (broad SMARTS) is 1. The van der Waals surface area contributed by atoms with Gasteiger partial charge in [-0.05, 0) is 23.3 Å². The van der Waals surface area contributed by atoms with Gasteiger partial charge < -0.3 is 19.9 Å². The fourth-order valence-corrected chi connectivity index (χ4v) is 6.22. The Labute approximate surface area is 224 Å². The third-order valence-corrected chi connectivity index (χ3v) is 8.04. The molecule has 4 N–H and O–H groups in total. The van der Waals surface area contributed by atoms with Gasteiger partial charge in [0.1, 0.15) is 5.54 Å². The highest BCUT2D eigenvalue weighted by Crippen LogP contribution is 2.52. The first-order valence-electron chi connectivity index (χ1n) is 12.7. The number of amides is 2. The number of para-hydroxylation sites is 2. The minimum absolute atomic E-state index is 0.0328. The summed E-state index contributed by atoms with van der Waals surface area (Å²) < 4.78 is 5.28. The van der Waals surface area contributed by atoms with Crippen molar-refractivity contribution in [1.29, 1.82) is 0 Å². The van der Waals surface area contributed by atoms with Crippen LogP contribution in [-0.4, -0.2) is 50.5 Å². The Morgan fingerprint density at radius 2 is 1.74 bits per heavy atom. The van der Waals surface area contributed by atoms with E-state index in [1.54, 1.807) is 24.4 Å². The summed E-state index contributed by atoms with van der Waals surface area (Å²) in [6, 6.07) is 20.5. The van der Waals surface area contributed by atoms with Crippen molar-refractivity contribution in [3.05, 3.63) is 95.7 Å². The summed E-state index contributed by atoms with van der Waals surface area (Å²) in [5.74, 6) is -4.52. The second kappa shape index (κ2) is 9.28. The number of aliphatic carboxylic acids is 1. The minimum atomic E-state index is -1.81. The Hall–Kier alpha value is -4.63. The first-order chi connectivity index (χ1) is 18.9.